The second-order valence-electron chi connectivity index (χ2n) is 2.46. The lowest BCUT2D eigenvalue weighted by Gasteiger charge is -2.18. The Morgan fingerprint density at radius 2 is 2.50 bits per heavy atom. The van der Waals surface area contributed by atoms with Gasteiger partial charge in [-0.15, -0.1) is 11.3 Å². The Morgan fingerprint density at radius 3 is 2.90 bits per heavy atom. The van der Waals surface area contributed by atoms with Crippen LogP contribution in [0.4, 0.5) is 0 Å². The van der Waals surface area contributed by atoms with Gasteiger partial charge in [0.1, 0.15) is 5.60 Å². The molecule has 1 aromatic rings. The lowest BCUT2D eigenvalue weighted by molar-refractivity contribution is 0.0707. The monoisotopic (exact) mass is 157 g/mol. The summed E-state index contributed by atoms with van der Waals surface area (Å²) in [4.78, 5) is 0.926. The van der Waals surface area contributed by atoms with Crippen LogP contribution in [-0.4, -0.2) is 11.7 Å². The molecular formula is C7H11NOS. The molecule has 3 N–H and O–H groups in total. The predicted octanol–water partition coefficient (Wildman–Crippen LogP) is 0.914. The van der Waals surface area contributed by atoms with Crippen LogP contribution in [0.15, 0.2) is 17.5 Å². The first kappa shape index (κ1) is 7.72. The largest absolute Gasteiger partial charge is 0.383 e. The van der Waals surface area contributed by atoms with E-state index in [1.165, 1.54) is 11.3 Å². The van der Waals surface area contributed by atoms with E-state index in [0.29, 0.717) is 0 Å². The molecule has 0 aromatic carbocycles. The van der Waals surface area contributed by atoms with Gasteiger partial charge in [-0.3, -0.25) is 0 Å². The molecule has 0 bridgehead atoms. The lowest BCUT2D eigenvalue weighted by atomic mass is 10.1. The standard InChI is InChI=1S/C7H11NOS/c1-7(9,5-8)6-3-2-4-10-6/h2-4,9H,5,8H2,1H3/t7-/m1/s1. The van der Waals surface area contributed by atoms with Crippen molar-refractivity contribution in [2.75, 3.05) is 6.54 Å². The van der Waals surface area contributed by atoms with Crippen molar-refractivity contribution in [3.05, 3.63) is 22.4 Å². The van der Waals surface area contributed by atoms with Gasteiger partial charge >= 0.3 is 0 Å². The third-order valence-electron chi connectivity index (χ3n) is 1.45. The number of rotatable bonds is 2. The minimum absolute atomic E-state index is 0.271. The summed E-state index contributed by atoms with van der Waals surface area (Å²) < 4.78 is 0. The SMILES string of the molecule is C[C@@](O)(CN)c1cccs1. The Balaban J connectivity index is 2.85. The second kappa shape index (κ2) is 2.70. The molecule has 0 amide bonds. The van der Waals surface area contributed by atoms with E-state index in [4.69, 9.17) is 5.73 Å². The minimum Gasteiger partial charge on any atom is -0.383 e. The summed E-state index contributed by atoms with van der Waals surface area (Å²) in [5.74, 6) is 0. The van der Waals surface area contributed by atoms with E-state index in [2.05, 4.69) is 0 Å². The van der Waals surface area contributed by atoms with Crippen LogP contribution in [0.5, 0.6) is 0 Å². The number of hydrogen-bond acceptors (Lipinski definition) is 3. The van der Waals surface area contributed by atoms with E-state index in [0.717, 1.165) is 4.88 Å². The van der Waals surface area contributed by atoms with Gasteiger partial charge in [0, 0.05) is 11.4 Å². The Bertz CT molecular complexity index is 193. The van der Waals surface area contributed by atoms with Gasteiger partial charge in [0.25, 0.3) is 0 Å². The first-order valence-electron chi connectivity index (χ1n) is 3.13. The summed E-state index contributed by atoms with van der Waals surface area (Å²) in [7, 11) is 0. The minimum atomic E-state index is -0.839. The van der Waals surface area contributed by atoms with Crippen LogP contribution in [0.3, 0.4) is 0 Å². The smallest absolute Gasteiger partial charge is 0.108 e. The van der Waals surface area contributed by atoms with Gasteiger partial charge in [0.05, 0.1) is 0 Å². The summed E-state index contributed by atoms with van der Waals surface area (Å²) in [5, 5.41) is 11.5. The van der Waals surface area contributed by atoms with Gasteiger partial charge in [-0.1, -0.05) is 6.07 Å². The van der Waals surface area contributed by atoms with E-state index in [1.807, 2.05) is 17.5 Å². The highest BCUT2D eigenvalue weighted by atomic mass is 32.1. The van der Waals surface area contributed by atoms with Crippen molar-refractivity contribution >= 4 is 11.3 Å². The van der Waals surface area contributed by atoms with Crippen molar-refractivity contribution in [3.8, 4) is 0 Å². The normalized spacial score (nSPS) is 16.7. The van der Waals surface area contributed by atoms with Crippen LogP contribution in [0, 0.1) is 0 Å². The van der Waals surface area contributed by atoms with Crippen LogP contribution in [0.1, 0.15) is 11.8 Å². The number of hydrogen-bond donors (Lipinski definition) is 2. The Kier molecular flexibility index (Phi) is 2.08. The van der Waals surface area contributed by atoms with Gasteiger partial charge in [0.2, 0.25) is 0 Å². The van der Waals surface area contributed by atoms with Crippen molar-refractivity contribution in [3.63, 3.8) is 0 Å². The Hall–Kier alpha value is -0.380. The molecule has 1 atom stereocenters. The second-order valence-corrected chi connectivity index (χ2v) is 3.40. The van der Waals surface area contributed by atoms with Crippen molar-refractivity contribution in [2.45, 2.75) is 12.5 Å². The zero-order valence-electron chi connectivity index (χ0n) is 5.87. The third-order valence-corrected chi connectivity index (χ3v) is 2.57. The van der Waals surface area contributed by atoms with Crippen molar-refractivity contribution in [1.29, 1.82) is 0 Å². The quantitative estimate of drug-likeness (QED) is 0.670. The molecule has 0 saturated heterocycles. The fourth-order valence-corrected chi connectivity index (χ4v) is 1.48. The maximum Gasteiger partial charge on any atom is 0.108 e. The van der Waals surface area contributed by atoms with E-state index in [1.54, 1.807) is 6.92 Å². The van der Waals surface area contributed by atoms with E-state index in [-0.39, 0.29) is 6.54 Å². The molecule has 0 saturated carbocycles. The third kappa shape index (κ3) is 1.37. The zero-order valence-corrected chi connectivity index (χ0v) is 6.69. The number of nitrogens with two attached hydrogens (primary N) is 1. The molecule has 0 aliphatic heterocycles. The zero-order chi connectivity index (χ0) is 7.61. The molecule has 2 nitrogen and oxygen atoms in total. The Morgan fingerprint density at radius 1 is 1.80 bits per heavy atom. The average molecular weight is 157 g/mol. The first-order valence-corrected chi connectivity index (χ1v) is 4.01. The van der Waals surface area contributed by atoms with Crippen LogP contribution in [0.2, 0.25) is 0 Å². The molecule has 0 aliphatic carbocycles. The summed E-state index contributed by atoms with van der Waals surface area (Å²) in [6.07, 6.45) is 0. The van der Waals surface area contributed by atoms with Gasteiger partial charge in [-0.05, 0) is 18.4 Å². The molecule has 56 valence electrons. The van der Waals surface area contributed by atoms with Crippen molar-refractivity contribution in [1.82, 2.24) is 0 Å². The molecule has 3 heteroatoms. The van der Waals surface area contributed by atoms with Crippen molar-refractivity contribution < 1.29 is 5.11 Å². The molecule has 0 spiro atoms. The van der Waals surface area contributed by atoms with Crippen LogP contribution in [-0.2, 0) is 5.60 Å². The molecule has 1 rings (SSSR count). The van der Waals surface area contributed by atoms with Gasteiger partial charge in [-0.2, -0.15) is 0 Å². The van der Waals surface area contributed by atoms with Crippen molar-refractivity contribution in [2.24, 2.45) is 5.73 Å². The van der Waals surface area contributed by atoms with Gasteiger partial charge < -0.3 is 10.8 Å². The molecule has 0 radical (unpaired) electrons. The number of aliphatic hydroxyl groups is 1. The highest BCUT2D eigenvalue weighted by Crippen LogP contribution is 2.23. The first-order chi connectivity index (χ1) is 4.67. The number of thiophene rings is 1. The van der Waals surface area contributed by atoms with Gasteiger partial charge in [-0.25, -0.2) is 0 Å². The highest BCUT2D eigenvalue weighted by Gasteiger charge is 2.21. The Labute approximate surface area is 64.3 Å². The van der Waals surface area contributed by atoms with Crippen LogP contribution in [0.25, 0.3) is 0 Å². The summed E-state index contributed by atoms with van der Waals surface area (Å²) in [6, 6.07) is 3.79. The summed E-state index contributed by atoms with van der Waals surface area (Å²) in [6.45, 7) is 1.99. The molecule has 10 heavy (non-hydrogen) atoms. The van der Waals surface area contributed by atoms with E-state index < -0.39 is 5.60 Å². The molecule has 0 fully saturated rings. The van der Waals surface area contributed by atoms with E-state index >= 15 is 0 Å². The summed E-state index contributed by atoms with van der Waals surface area (Å²) in [5.41, 5.74) is 4.52. The fourth-order valence-electron chi connectivity index (χ4n) is 0.686. The molecule has 0 aliphatic rings. The maximum absolute atomic E-state index is 9.57. The molecular weight excluding hydrogens is 146 g/mol. The van der Waals surface area contributed by atoms with Crippen LogP contribution < -0.4 is 5.73 Å². The highest BCUT2D eigenvalue weighted by molar-refractivity contribution is 7.10. The molecule has 0 unspecified atom stereocenters. The lowest BCUT2D eigenvalue weighted by Crippen LogP contribution is -2.30. The molecule has 1 aromatic heterocycles. The molecule has 1 heterocycles. The maximum atomic E-state index is 9.57. The predicted molar refractivity (Wildman–Crippen MR) is 42.9 cm³/mol. The summed E-state index contributed by atoms with van der Waals surface area (Å²) >= 11 is 1.52. The fraction of sp³-hybridized carbons (Fsp3) is 0.429. The topological polar surface area (TPSA) is 46.2 Å². The van der Waals surface area contributed by atoms with E-state index in [9.17, 15) is 5.11 Å². The average Bonchev–Trinajstić information content (AvgIpc) is 2.38. The van der Waals surface area contributed by atoms with Gasteiger partial charge in [0.15, 0.2) is 0 Å². The van der Waals surface area contributed by atoms with Crippen LogP contribution >= 0.6 is 11.3 Å².